The van der Waals surface area contributed by atoms with E-state index in [-0.39, 0.29) is 11.9 Å². The van der Waals surface area contributed by atoms with Gasteiger partial charge in [-0.3, -0.25) is 9.69 Å². The fraction of sp³-hybridized carbons (Fsp3) is 0.350. The number of nitrogens with one attached hydrogen (secondary N) is 1. The molecule has 0 saturated carbocycles. The number of rotatable bonds is 6. The van der Waals surface area contributed by atoms with Crippen LogP contribution in [-0.4, -0.2) is 35.1 Å². The Balaban J connectivity index is 1.70. The first kappa shape index (κ1) is 18.4. The molecule has 6 heteroatoms. The van der Waals surface area contributed by atoms with Crippen molar-refractivity contribution in [2.24, 2.45) is 5.73 Å². The van der Waals surface area contributed by atoms with E-state index in [0.29, 0.717) is 5.56 Å². The fourth-order valence-corrected chi connectivity index (χ4v) is 3.24. The number of halogens is 1. The molecule has 1 fully saturated rings. The molecule has 2 aromatic rings. The summed E-state index contributed by atoms with van der Waals surface area (Å²) in [5.74, 6) is -0.877. The Bertz CT molecular complexity index is 743. The molecule has 0 radical (unpaired) electrons. The monoisotopic (exact) mass is 357 g/mol. The van der Waals surface area contributed by atoms with Crippen molar-refractivity contribution in [1.82, 2.24) is 4.90 Å². The number of anilines is 1. The lowest BCUT2D eigenvalue weighted by Crippen LogP contribution is -2.35. The molecule has 1 aliphatic rings. The highest BCUT2D eigenvalue weighted by Gasteiger charge is 2.19. The van der Waals surface area contributed by atoms with Crippen LogP contribution in [0.5, 0.6) is 0 Å². The lowest BCUT2D eigenvalue weighted by molar-refractivity contribution is -0.118. The van der Waals surface area contributed by atoms with Gasteiger partial charge in [0.2, 0.25) is 5.91 Å². The smallest absolute Gasteiger partial charge is 0.244 e. The second-order valence-corrected chi connectivity index (χ2v) is 6.74. The number of nitrogens with two attached hydrogens (primary N) is 1. The molecule has 138 valence electrons. The summed E-state index contributed by atoms with van der Waals surface area (Å²) in [5.41, 5.74) is 8.05. The van der Waals surface area contributed by atoms with Gasteiger partial charge in [0.1, 0.15) is 11.9 Å². The predicted molar refractivity (Wildman–Crippen MR) is 98.9 cm³/mol. The maximum atomic E-state index is 13.1. The zero-order valence-corrected chi connectivity index (χ0v) is 14.6. The van der Waals surface area contributed by atoms with Crippen LogP contribution in [0, 0.1) is 5.82 Å². The van der Waals surface area contributed by atoms with Gasteiger partial charge in [-0.2, -0.15) is 0 Å². The average Bonchev–Trinajstić information content (AvgIpc) is 2.63. The molecule has 1 aliphatic heterocycles. The van der Waals surface area contributed by atoms with Gasteiger partial charge in [-0.1, -0.05) is 24.3 Å². The minimum absolute atomic E-state index is 0.189. The van der Waals surface area contributed by atoms with Crippen LogP contribution < -0.4 is 11.1 Å². The zero-order chi connectivity index (χ0) is 18.5. The van der Waals surface area contributed by atoms with Crippen molar-refractivity contribution in [3.05, 3.63) is 65.5 Å². The maximum Gasteiger partial charge on any atom is 0.244 e. The number of amides is 1. The SMILES string of the molecule is NC(=O)C(Nc1cccc(CN2CCC(O)CC2)c1)c1ccc(F)cc1. The van der Waals surface area contributed by atoms with Crippen LogP contribution in [0.4, 0.5) is 10.1 Å². The van der Waals surface area contributed by atoms with Crippen molar-refractivity contribution in [3.8, 4) is 0 Å². The van der Waals surface area contributed by atoms with Crippen LogP contribution in [-0.2, 0) is 11.3 Å². The highest BCUT2D eigenvalue weighted by Crippen LogP contribution is 2.22. The summed E-state index contributed by atoms with van der Waals surface area (Å²) in [7, 11) is 0. The number of aliphatic hydroxyl groups is 1. The molecule has 1 heterocycles. The van der Waals surface area contributed by atoms with Gasteiger partial charge < -0.3 is 16.2 Å². The van der Waals surface area contributed by atoms with Crippen molar-refractivity contribution < 1.29 is 14.3 Å². The largest absolute Gasteiger partial charge is 0.393 e. The van der Waals surface area contributed by atoms with E-state index in [1.807, 2.05) is 24.3 Å². The van der Waals surface area contributed by atoms with Gasteiger partial charge in [0.25, 0.3) is 0 Å². The summed E-state index contributed by atoms with van der Waals surface area (Å²) in [6.45, 7) is 2.54. The topological polar surface area (TPSA) is 78.6 Å². The summed E-state index contributed by atoms with van der Waals surface area (Å²) >= 11 is 0. The van der Waals surface area contributed by atoms with E-state index in [2.05, 4.69) is 10.2 Å². The van der Waals surface area contributed by atoms with Crippen LogP contribution in [0.15, 0.2) is 48.5 Å². The summed E-state index contributed by atoms with van der Waals surface area (Å²) in [6.07, 6.45) is 1.41. The Morgan fingerprint density at radius 1 is 1.23 bits per heavy atom. The second-order valence-electron chi connectivity index (χ2n) is 6.74. The minimum Gasteiger partial charge on any atom is -0.393 e. The molecular weight excluding hydrogens is 333 g/mol. The third-order valence-electron chi connectivity index (χ3n) is 4.69. The molecule has 1 unspecified atom stereocenters. The maximum absolute atomic E-state index is 13.1. The van der Waals surface area contributed by atoms with Crippen LogP contribution in [0.25, 0.3) is 0 Å². The van der Waals surface area contributed by atoms with E-state index >= 15 is 0 Å². The Morgan fingerprint density at radius 2 is 1.92 bits per heavy atom. The number of hydrogen-bond donors (Lipinski definition) is 3. The number of carbonyl (C=O) groups is 1. The van der Waals surface area contributed by atoms with Crippen LogP contribution in [0.2, 0.25) is 0 Å². The number of piperidine rings is 1. The molecule has 26 heavy (non-hydrogen) atoms. The minimum atomic E-state index is -0.726. The molecule has 4 N–H and O–H groups in total. The Morgan fingerprint density at radius 3 is 2.58 bits per heavy atom. The third-order valence-corrected chi connectivity index (χ3v) is 4.69. The van der Waals surface area contributed by atoms with Crippen LogP contribution in [0.1, 0.15) is 30.0 Å². The first-order valence-corrected chi connectivity index (χ1v) is 8.82. The summed E-state index contributed by atoms with van der Waals surface area (Å²) in [5, 5.41) is 12.8. The summed E-state index contributed by atoms with van der Waals surface area (Å²) in [6, 6.07) is 12.8. The van der Waals surface area contributed by atoms with E-state index in [9.17, 15) is 14.3 Å². The Labute approximate surface area is 152 Å². The third kappa shape index (κ3) is 4.80. The molecule has 1 saturated heterocycles. The molecule has 5 nitrogen and oxygen atoms in total. The van der Waals surface area contributed by atoms with Crippen molar-refractivity contribution in [1.29, 1.82) is 0 Å². The van der Waals surface area contributed by atoms with Gasteiger partial charge in [0.15, 0.2) is 0 Å². The molecule has 0 bridgehead atoms. The predicted octanol–water partition coefficient (Wildman–Crippen LogP) is 2.42. The van der Waals surface area contributed by atoms with Crippen molar-refractivity contribution in [2.75, 3.05) is 18.4 Å². The van der Waals surface area contributed by atoms with Gasteiger partial charge >= 0.3 is 0 Å². The number of nitrogens with zero attached hydrogens (tertiary/aromatic N) is 1. The standard InChI is InChI=1S/C20H24FN3O2/c21-16-6-4-15(5-7-16)19(20(22)26)23-17-3-1-2-14(12-17)13-24-10-8-18(25)9-11-24/h1-7,12,18-19,23,25H,8-11,13H2,(H2,22,26). The van der Waals surface area contributed by atoms with Gasteiger partial charge in [-0.05, 0) is 48.2 Å². The molecule has 0 aromatic heterocycles. The molecule has 1 atom stereocenters. The van der Waals surface area contributed by atoms with Crippen molar-refractivity contribution in [2.45, 2.75) is 31.5 Å². The fourth-order valence-electron chi connectivity index (χ4n) is 3.24. The Kier molecular flexibility index (Phi) is 5.85. The number of likely N-dealkylation sites (tertiary alicyclic amines) is 1. The molecule has 1 amide bonds. The molecule has 0 aliphatic carbocycles. The second kappa shape index (κ2) is 8.29. The van der Waals surface area contributed by atoms with E-state index in [4.69, 9.17) is 5.73 Å². The van der Waals surface area contributed by atoms with E-state index in [1.165, 1.54) is 12.1 Å². The van der Waals surface area contributed by atoms with E-state index in [1.54, 1.807) is 12.1 Å². The van der Waals surface area contributed by atoms with Crippen molar-refractivity contribution in [3.63, 3.8) is 0 Å². The normalized spacial score (nSPS) is 17.0. The zero-order valence-electron chi connectivity index (χ0n) is 14.6. The Hall–Kier alpha value is -2.44. The molecule has 0 spiro atoms. The molecule has 2 aromatic carbocycles. The number of hydrogen-bond acceptors (Lipinski definition) is 4. The first-order chi connectivity index (χ1) is 12.5. The van der Waals surface area contributed by atoms with Crippen molar-refractivity contribution >= 4 is 11.6 Å². The highest BCUT2D eigenvalue weighted by molar-refractivity contribution is 5.84. The van der Waals surface area contributed by atoms with Gasteiger partial charge in [-0.15, -0.1) is 0 Å². The average molecular weight is 357 g/mol. The van der Waals surface area contributed by atoms with Crippen LogP contribution >= 0.6 is 0 Å². The molecule has 3 rings (SSSR count). The number of benzene rings is 2. The van der Waals surface area contributed by atoms with Gasteiger partial charge in [-0.25, -0.2) is 4.39 Å². The summed E-state index contributed by atoms with van der Waals surface area (Å²) in [4.78, 5) is 14.2. The first-order valence-electron chi connectivity index (χ1n) is 8.82. The summed E-state index contributed by atoms with van der Waals surface area (Å²) < 4.78 is 13.1. The highest BCUT2D eigenvalue weighted by atomic mass is 19.1. The van der Waals surface area contributed by atoms with Gasteiger partial charge in [0, 0.05) is 25.3 Å². The number of aliphatic hydroxyl groups excluding tert-OH is 1. The lowest BCUT2D eigenvalue weighted by atomic mass is 10.0. The van der Waals surface area contributed by atoms with Crippen LogP contribution in [0.3, 0.4) is 0 Å². The molecular formula is C20H24FN3O2. The van der Waals surface area contributed by atoms with E-state index in [0.717, 1.165) is 43.7 Å². The van der Waals surface area contributed by atoms with E-state index < -0.39 is 11.9 Å². The van der Waals surface area contributed by atoms with Gasteiger partial charge in [0.05, 0.1) is 6.10 Å². The number of primary amides is 1. The number of carbonyl (C=O) groups excluding carboxylic acids is 1. The lowest BCUT2D eigenvalue weighted by Gasteiger charge is -2.29. The quantitative estimate of drug-likeness (QED) is 0.742.